The van der Waals surface area contributed by atoms with E-state index in [9.17, 15) is 4.79 Å². The molecule has 1 aromatic heterocycles. The summed E-state index contributed by atoms with van der Waals surface area (Å²) in [5.41, 5.74) is 6.64. The highest BCUT2D eigenvalue weighted by atomic mass is 16.5. The maximum atomic E-state index is 12.4. The molecule has 23 heavy (non-hydrogen) atoms. The molecule has 3 rings (SSSR count). The smallest absolute Gasteiger partial charge is 0.258 e. The van der Waals surface area contributed by atoms with E-state index in [1.165, 1.54) is 0 Å². The Morgan fingerprint density at radius 3 is 2.65 bits per heavy atom. The Bertz CT molecular complexity index is 841. The van der Waals surface area contributed by atoms with Gasteiger partial charge in [-0.2, -0.15) is 0 Å². The van der Waals surface area contributed by atoms with Gasteiger partial charge in [0.2, 0.25) is 0 Å². The second-order valence-corrected chi connectivity index (χ2v) is 5.48. The van der Waals surface area contributed by atoms with Crippen LogP contribution in [0.1, 0.15) is 12.0 Å². The lowest BCUT2D eigenvalue weighted by Gasteiger charge is -2.09. The summed E-state index contributed by atoms with van der Waals surface area (Å²) in [6.07, 6.45) is 2.62. The summed E-state index contributed by atoms with van der Waals surface area (Å²) in [5, 5.41) is 1.60. The first-order valence-corrected chi connectivity index (χ1v) is 7.78. The summed E-state index contributed by atoms with van der Waals surface area (Å²) in [6.45, 7) is 1.74. The Labute approximate surface area is 135 Å². The van der Waals surface area contributed by atoms with Gasteiger partial charge in [-0.3, -0.25) is 4.79 Å². The molecule has 2 aromatic carbocycles. The van der Waals surface area contributed by atoms with Gasteiger partial charge < -0.3 is 15.0 Å². The Hall–Kier alpha value is -2.59. The van der Waals surface area contributed by atoms with Gasteiger partial charge in [-0.1, -0.05) is 30.3 Å². The molecule has 0 bridgehead atoms. The van der Waals surface area contributed by atoms with Crippen LogP contribution in [0.15, 0.2) is 65.6 Å². The molecule has 0 saturated carbocycles. The van der Waals surface area contributed by atoms with Crippen molar-refractivity contribution in [3.63, 3.8) is 0 Å². The van der Waals surface area contributed by atoms with E-state index in [0.29, 0.717) is 25.1 Å². The van der Waals surface area contributed by atoms with Gasteiger partial charge in [0.1, 0.15) is 12.4 Å². The second-order valence-electron chi connectivity index (χ2n) is 5.48. The zero-order valence-electron chi connectivity index (χ0n) is 12.9. The standard InChI is InChI=1S/C19H20N2O2/c20-10-4-11-21-12-9-16-13-17(7-8-18(16)19(21)22)23-14-15-5-2-1-3-6-15/h1-3,5-9,12-13H,4,10-11,14,20H2. The third kappa shape index (κ3) is 3.60. The highest BCUT2D eigenvalue weighted by Gasteiger charge is 2.04. The highest BCUT2D eigenvalue weighted by Crippen LogP contribution is 2.19. The van der Waals surface area contributed by atoms with Crippen molar-refractivity contribution in [2.75, 3.05) is 6.54 Å². The molecule has 0 saturated heterocycles. The first-order valence-electron chi connectivity index (χ1n) is 7.78. The number of nitrogens with zero attached hydrogens (tertiary/aromatic N) is 1. The van der Waals surface area contributed by atoms with E-state index in [2.05, 4.69) is 0 Å². The quantitative estimate of drug-likeness (QED) is 0.761. The summed E-state index contributed by atoms with van der Waals surface area (Å²) < 4.78 is 7.52. The fourth-order valence-corrected chi connectivity index (χ4v) is 2.53. The van der Waals surface area contributed by atoms with Gasteiger partial charge in [-0.15, -0.1) is 0 Å². The number of rotatable bonds is 6. The topological polar surface area (TPSA) is 57.2 Å². The number of hydrogen-bond donors (Lipinski definition) is 1. The van der Waals surface area contributed by atoms with E-state index in [-0.39, 0.29) is 5.56 Å². The van der Waals surface area contributed by atoms with Crippen molar-refractivity contribution in [1.29, 1.82) is 0 Å². The van der Waals surface area contributed by atoms with Crippen LogP contribution in [0, 0.1) is 0 Å². The van der Waals surface area contributed by atoms with Crippen molar-refractivity contribution < 1.29 is 4.74 Å². The van der Waals surface area contributed by atoms with E-state index in [4.69, 9.17) is 10.5 Å². The molecule has 0 aliphatic carbocycles. The predicted molar refractivity (Wildman–Crippen MR) is 92.7 cm³/mol. The molecule has 0 spiro atoms. The zero-order chi connectivity index (χ0) is 16.1. The van der Waals surface area contributed by atoms with Crippen molar-refractivity contribution in [2.45, 2.75) is 19.6 Å². The van der Waals surface area contributed by atoms with Crippen molar-refractivity contribution in [3.05, 3.63) is 76.7 Å². The SMILES string of the molecule is NCCCn1ccc2cc(OCc3ccccc3)ccc2c1=O. The summed E-state index contributed by atoms with van der Waals surface area (Å²) >= 11 is 0. The maximum Gasteiger partial charge on any atom is 0.258 e. The molecule has 1 heterocycles. The normalized spacial score (nSPS) is 10.8. The van der Waals surface area contributed by atoms with Gasteiger partial charge in [-0.05, 0) is 48.2 Å². The summed E-state index contributed by atoms with van der Waals surface area (Å²) in [6, 6.07) is 17.5. The van der Waals surface area contributed by atoms with E-state index in [0.717, 1.165) is 23.1 Å². The summed E-state index contributed by atoms with van der Waals surface area (Å²) in [5.74, 6) is 0.764. The lowest BCUT2D eigenvalue weighted by atomic mass is 10.1. The molecule has 2 N–H and O–H groups in total. The summed E-state index contributed by atoms with van der Waals surface area (Å²) in [7, 11) is 0. The Morgan fingerprint density at radius 2 is 1.87 bits per heavy atom. The monoisotopic (exact) mass is 308 g/mol. The number of pyridine rings is 1. The van der Waals surface area contributed by atoms with Crippen LogP contribution in [0.25, 0.3) is 10.8 Å². The third-order valence-corrected chi connectivity index (χ3v) is 3.80. The molecule has 0 fully saturated rings. The van der Waals surface area contributed by atoms with Gasteiger partial charge >= 0.3 is 0 Å². The molecule has 0 unspecified atom stereocenters. The van der Waals surface area contributed by atoms with Crippen LogP contribution in [0.2, 0.25) is 0 Å². The van der Waals surface area contributed by atoms with Crippen LogP contribution >= 0.6 is 0 Å². The van der Waals surface area contributed by atoms with Gasteiger partial charge in [0.05, 0.1) is 0 Å². The summed E-state index contributed by atoms with van der Waals surface area (Å²) in [4.78, 5) is 12.4. The van der Waals surface area contributed by atoms with Gasteiger partial charge in [-0.25, -0.2) is 0 Å². The second kappa shape index (κ2) is 7.11. The molecule has 0 aliphatic heterocycles. The number of fused-ring (bicyclic) bond motifs is 1. The van der Waals surface area contributed by atoms with Crippen LogP contribution in [-0.4, -0.2) is 11.1 Å². The van der Waals surface area contributed by atoms with Crippen molar-refractivity contribution in [1.82, 2.24) is 4.57 Å². The molecule has 3 aromatic rings. The van der Waals surface area contributed by atoms with Crippen LogP contribution < -0.4 is 16.0 Å². The Kier molecular flexibility index (Phi) is 4.74. The van der Waals surface area contributed by atoms with E-state index < -0.39 is 0 Å². The molecular formula is C19H20N2O2. The molecule has 0 amide bonds. The molecule has 0 atom stereocenters. The average Bonchev–Trinajstić information content (AvgIpc) is 2.60. The Morgan fingerprint density at radius 1 is 1.04 bits per heavy atom. The Balaban J connectivity index is 1.81. The molecule has 4 nitrogen and oxygen atoms in total. The van der Waals surface area contributed by atoms with Crippen LogP contribution in [-0.2, 0) is 13.2 Å². The minimum Gasteiger partial charge on any atom is -0.489 e. The third-order valence-electron chi connectivity index (χ3n) is 3.80. The van der Waals surface area contributed by atoms with Gasteiger partial charge in [0, 0.05) is 18.1 Å². The van der Waals surface area contributed by atoms with E-state index >= 15 is 0 Å². The molecule has 4 heteroatoms. The van der Waals surface area contributed by atoms with Crippen molar-refractivity contribution in [2.24, 2.45) is 5.73 Å². The van der Waals surface area contributed by atoms with Gasteiger partial charge in [0.25, 0.3) is 5.56 Å². The average molecular weight is 308 g/mol. The first kappa shape index (κ1) is 15.3. The molecule has 118 valence electrons. The lowest BCUT2D eigenvalue weighted by Crippen LogP contribution is -2.20. The number of aryl methyl sites for hydroxylation is 1. The molecule has 0 radical (unpaired) electrons. The minimum atomic E-state index is 0.0190. The first-order chi connectivity index (χ1) is 11.3. The zero-order valence-corrected chi connectivity index (χ0v) is 12.9. The van der Waals surface area contributed by atoms with Crippen LogP contribution in [0.5, 0.6) is 5.75 Å². The van der Waals surface area contributed by atoms with Crippen LogP contribution in [0.4, 0.5) is 0 Å². The maximum absolute atomic E-state index is 12.4. The highest BCUT2D eigenvalue weighted by molar-refractivity contribution is 5.82. The van der Waals surface area contributed by atoms with E-state index in [1.807, 2.05) is 60.8 Å². The molecule has 0 aliphatic rings. The van der Waals surface area contributed by atoms with Crippen molar-refractivity contribution in [3.8, 4) is 5.75 Å². The number of hydrogen-bond acceptors (Lipinski definition) is 3. The number of nitrogens with two attached hydrogens (primary N) is 1. The lowest BCUT2D eigenvalue weighted by molar-refractivity contribution is 0.306. The number of ether oxygens (including phenoxy) is 1. The number of aromatic nitrogens is 1. The number of benzene rings is 2. The minimum absolute atomic E-state index is 0.0190. The van der Waals surface area contributed by atoms with Gasteiger partial charge in [0.15, 0.2) is 0 Å². The fourth-order valence-electron chi connectivity index (χ4n) is 2.53. The predicted octanol–water partition coefficient (Wildman–Crippen LogP) is 2.93. The van der Waals surface area contributed by atoms with Crippen molar-refractivity contribution >= 4 is 10.8 Å². The fraction of sp³-hybridized carbons (Fsp3) is 0.211. The molecular weight excluding hydrogens is 288 g/mol. The largest absolute Gasteiger partial charge is 0.489 e. The van der Waals surface area contributed by atoms with E-state index in [1.54, 1.807) is 4.57 Å². The van der Waals surface area contributed by atoms with Crippen LogP contribution in [0.3, 0.4) is 0 Å².